The van der Waals surface area contributed by atoms with Crippen LogP contribution in [-0.4, -0.2) is 61.4 Å². The van der Waals surface area contributed by atoms with Crippen molar-refractivity contribution < 1.29 is 4.74 Å². The number of nitriles is 1. The summed E-state index contributed by atoms with van der Waals surface area (Å²) in [5, 5.41) is 10.6. The van der Waals surface area contributed by atoms with Crippen molar-refractivity contribution >= 4 is 22.3 Å². The Morgan fingerprint density at radius 3 is 2.76 bits per heavy atom. The molecule has 2 N–H and O–H groups in total. The van der Waals surface area contributed by atoms with Gasteiger partial charge in [-0.2, -0.15) is 5.26 Å². The van der Waals surface area contributed by atoms with Crippen LogP contribution in [0.5, 0.6) is 0 Å². The van der Waals surface area contributed by atoms with E-state index in [9.17, 15) is 5.26 Å². The quantitative estimate of drug-likeness (QED) is 0.651. The fourth-order valence-corrected chi connectivity index (χ4v) is 6.09. The maximum Gasteiger partial charge on any atom is 0.101 e. The van der Waals surface area contributed by atoms with E-state index in [-0.39, 0.29) is 12.1 Å². The number of piperazine rings is 1. The molecule has 174 valence electrons. The predicted molar refractivity (Wildman–Crippen MR) is 134 cm³/mol. The summed E-state index contributed by atoms with van der Waals surface area (Å²) >= 11 is 0. The molecule has 6 rings (SSSR count). The van der Waals surface area contributed by atoms with E-state index in [1.807, 2.05) is 12.1 Å². The minimum atomic E-state index is 0.0508. The molecule has 7 nitrogen and oxygen atoms in total. The summed E-state index contributed by atoms with van der Waals surface area (Å²) in [4.78, 5) is 12.0. The van der Waals surface area contributed by atoms with Gasteiger partial charge in [-0.3, -0.25) is 9.88 Å². The molecule has 3 aromatic rings. The number of nitrogens with zero attached hydrogens (tertiary/aromatic N) is 5. The van der Waals surface area contributed by atoms with Crippen molar-refractivity contribution in [3.8, 4) is 6.07 Å². The lowest BCUT2D eigenvalue weighted by molar-refractivity contribution is 0.108. The zero-order chi connectivity index (χ0) is 23.4. The number of ether oxygens (including phenoxy) is 1. The Hall–Kier alpha value is -3.18. The van der Waals surface area contributed by atoms with Crippen LogP contribution in [-0.2, 0) is 11.3 Å². The van der Waals surface area contributed by atoms with E-state index < -0.39 is 0 Å². The Morgan fingerprint density at radius 2 is 1.97 bits per heavy atom. The van der Waals surface area contributed by atoms with Crippen LogP contribution in [0.1, 0.15) is 29.7 Å². The molecule has 34 heavy (non-hydrogen) atoms. The van der Waals surface area contributed by atoms with Crippen LogP contribution in [0.3, 0.4) is 0 Å². The van der Waals surface area contributed by atoms with Crippen molar-refractivity contribution in [2.75, 3.05) is 43.1 Å². The number of methoxy groups -OCH3 is 1. The average molecular weight is 455 g/mol. The van der Waals surface area contributed by atoms with E-state index in [1.54, 1.807) is 13.3 Å². The van der Waals surface area contributed by atoms with Crippen LogP contribution in [0.2, 0.25) is 0 Å². The summed E-state index contributed by atoms with van der Waals surface area (Å²) < 4.78 is 5.56. The third kappa shape index (κ3) is 3.33. The molecule has 0 unspecified atom stereocenters. The summed E-state index contributed by atoms with van der Waals surface area (Å²) in [7, 11) is 1.75. The molecule has 0 spiro atoms. The van der Waals surface area contributed by atoms with Gasteiger partial charge in [0.05, 0.1) is 29.3 Å². The number of pyridine rings is 1. The van der Waals surface area contributed by atoms with Crippen molar-refractivity contribution in [2.45, 2.75) is 37.7 Å². The zero-order valence-corrected chi connectivity index (χ0v) is 19.7. The molecule has 0 saturated carbocycles. The maximum absolute atomic E-state index is 9.53. The fraction of sp³-hybridized carbons (Fsp3) is 0.407. The molecule has 3 aliphatic rings. The standard InChI is InChI=1S/C27H30N6O/c1-17-12-32(24-8-5-18(11-28)27-22(24)4-3-9-30-27)15-25-21-7-6-20(10-19(21)13-33(17)25)31-14-23(29)26(16-31)34-2/h3-10,17,23,25-26H,12-16,29H2,1-2H3/t17-,23+,25-,26+/m1/s1. The van der Waals surface area contributed by atoms with Crippen molar-refractivity contribution in [3.63, 3.8) is 0 Å². The van der Waals surface area contributed by atoms with Crippen LogP contribution in [0.25, 0.3) is 10.9 Å². The molecule has 7 heteroatoms. The summed E-state index contributed by atoms with van der Waals surface area (Å²) in [5.41, 5.74) is 12.9. The number of hydrogen-bond donors (Lipinski definition) is 1. The normalized spacial score (nSPS) is 26.5. The lowest BCUT2D eigenvalue weighted by atomic mass is 9.99. The van der Waals surface area contributed by atoms with Crippen LogP contribution in [0, 0.1) is 11.3 Å². The summed E-state index contributed by atoms with van der Waals surface area (Å²) in [5.74, 6) is 0. The molecule has 0 bridgehead atoms. The van der Waals surface area contributed by atoms with Gasteiger partial charge in [0.15, 0.2) is 0 Å². The Kier molecular flexibility index (Phi) is 5.18. The molecular formula is C27H30N6O. The van der Waals surface area contributed by atoms with Crippen LogP contribution in [0.4, 0.5) is 11.4 Å². The molecule has 0 radical (unpaired) electrons. The molecule has 2 aromatic carbocycles. The van der Waals surface area contributed by atoms with Crippen LogP contribution >= 0.6 is 0 Å². The van der Waals surface area contributed by atoms with Gasteiger partial charge >= 0.3 is 0 Å². The lowest BCUT2D eigenvalue weighted by Crippen LogP contribution is -2.51. The highest BCUT2D eigenvalue weighted by Gasteiger charge is 2.40. The van der Waals surface area contributed by atoms with Gasteiger partial charge in [-0.25, -0.2) is 0 Å². The molecule has 2 fully saturated rings. The number of hydrogen-bond acceptors (Lipinski definition) is 7. The first kappa shape index (κ1) is 21.4. The SMILES string of the molecule is CO[C@H]1CN(c2ccc3c(c2)CN2[C@H](C)CN(c4ccc(C#N)c5ncccc45)C[C@H]32)C[C@@H]1N. The fourth-order valence-electron chi connectivity index (χ4n) is 6.09. The maximum atomic E-state index is 9.53. The monoisotopic (exact) mass is 454 g/mol. The molecule has 4 heterocycles. The lowest BCUT2D eigenvalue weighted by Gasteiger charge is -2.43. The third-order valence-electron chi connectivity index (χ3n) is 7.87. The van der Waals surface area contributed by atoms with E-state index >= 15 is 0 Å². The average Bonchev–Trinajstić information content (AvgIpc) is 3.43. The molecule has 3 aliphatic heterocycles. The molecule has 0 amide bonds. The molecule has 0 aliphatic carbocycles. The molecule has 1 aromatic heterocycles. The topological polar surface area (TPSA) is 81.7 Å². The number of aromatic nitrogens is 1. The highest BCUT2D eigenvalue weighted by Crippen LogP contribution is 2.42. The van der Waals surface area contributed by atoms with Crippen LogP contribution in [0.15, 0.2) is 48.7 Å². The number of fused-ring (bicyclic) bond motifs is 4. The second kappa shape index (κ2) is 8.24. The Labute approximate surface area is 200 Å². The van der Waals surface area contributed by atoms with Crippen LogP contribution < -0.4 is 15.5 Å². The highest BCUT2D eigenvalue weighted by molar-refractivity contribution is 5.95. The van der Waals surface area contributed by atoms with Crippen molar-refractivity contribution in [3.05, 3.63) is 65.4 Å². The van der Waals surface area contributed by atoms with Gasteiger partial charge in [-0.15, -0.1) is 0 Å². The Bertz CT molecular complexity index is 1290. The molecular weight excluding hydrogens is 424 g/mol. The van der Waals surface area contributed by atoms with Gasteiger partial charge in [-0.05, 0) is 54.4 Å². The van der Waals surface area contributed by atoms with E-state index in [1.165, 1.54) is 16.8 Å². The third-order valence-corrected chi connectivity index (χ3v) is 7.87. The number of benzene rings is 2. The molecule has 2 saturated heterocycles. The van der Waals surface area contributed by atoms with E-state index in [2.05, 4.69) is 63.0 Å². The van der Waals surface area contributed by atoms with Gasteiger partial charge in [0.25, 0.3) is 0 Å². The number of rotatable bonds is 3. The number of anilines is 2. The van der Waals surface area contributed by atoms with E-state index in [4.69, 9.17) is 10.5 Å². The largest absolute Gasteiger partial charge is 0.378 e. The second-order valence-corrected chi connectivity index (χ2v) is 9.81. The van der Waals surface area contributed by atoms with Gasteiger partial charge in [0.2, 0.25) is 0 Å². The first-order chi connectivity index (χ1) is 16.6. The van der Waals surface area contributed by atoms with Gasteiger partial charge in [0.1, 0.15) is 6.07 Å². The van der Waals surface area contributed by atoms with Crippen molar-refractivity contribution in [1.82, 2.24) is 9.88 Å². The second-order valence-electron chi connectivity index (χ2n) is 9.81. The summed E-state index contributed by atoms with van der Waals surface area (Å²) in [6, 6.07) is 18.1. The number of nitrogens with two attached hydrogens (primary N) is 1. The van der Waals surface area contributed by atoms with Gasteiger partial charge in [0, 0.05) is 68.8 Å². The Balaban J connectivity index is 1.31. The smallest absolute Gasteiger partial charge is 0.101 e. The van der Waals surface area contributed by atoms with Gasteiger partial charge in [-0.1, -0.05) is 6.07 Å². The van der Waals surface area contributed by atoms with Crippen molar-refractivity contribution in [2.24, 2.45) is 5.73 Å². The van der Waals surface area contributed by atoms with E-state index in [0.29, 0.717) is 17.6 Å². The highest BCUT2D eigenvalue weighted by atomic mass is 16.5. The summed E-state index contributed by atoms with van der Waals surface area (Å²) in [6.45, 7) is 6.84. The van der Waals surface area contributed by atoms with Crippen molar-refractivity contribution in [1.29, 1.82) is 5.26 Å². The first-order valence-electron chi connectivity index (χ1n) is 12.0. The van der Waals surface area contributed by atoms with E-state index in [0.717, 1.165) is 49.3 Å². The first-order valence-corrected chi connectivity index (χ1v) is 12.0. The molecule has 4 atom stereocenters. The zero-order valence-electron chi connectivity index (χ0n) is 19.7. The van der Waals surface area contributed by atoms with Gasteiger partial charge < -0.3 is 20.3 Å². The Morgan fingerprint density at radius 1 is 1.09 bits per heavy atom. The minimum Gasteiger partial charge on any atom is -0.378 e. The predicted octanol–water partition coefficient (Wildman–Crippen LogP) is 3.03. The minimum absolute atomic E-state index is 0.0508. The summed E-state index contributed by atoms with van der Waals surface area (Å²) in [6.07, 6.45) is 1.85.